The van der Waals surface area contributed by atoms with Crippen molar-refractivity contribution in [3.8, 4) is 0 Å². The van der Waals surface area contributed by atoms with Gasteiger partial charge in [-0.25, -0.2) is 0 Å². The molecule has 382 valence electrons. The highest BCUT2D eigenvalue weighted by Gasteiger charge is 2.24. The minimum Gasteiger partial charge on any atom is -0.756 e. The third-order valence-corrected chi connectivity index (χ3v) is 14.0. The summed E-state index contributed by atoms with van der Waals surface area (Å²) >= 11 is 0. The zero-order valence-corrected chi connectivity index (χ0v) is 44.4. The Hall–Kier alpha value is -0.760. The molecule has 64 heavy (non-hydrogen) atoms. The van der Waals surface area contributed by atoms with E-state index in [9.17, 15) is 19.4 Å². The number of carbonyl (C=O) groups excluding carboxylic acids is 1. The number of aliphatic hydroxyl groups excluding tert-OH is 1. The Kier molecular flexibility index (Phi) is 46.8. The van der Waals surface area contributed by atoms with Crippen LogP contribution in [0.5, 0.6) is 0 Å². The van der Waals surface area contributed by atoms with E-state index in [1.165, 1.54) is 218 Å². The maximum absolute atomic E-state index is 13.0. The fourth-order valence-electron chi connectivity index (χ4n) is 8.57. The van der Waals surface area contributed by atoms with Gasteiger partial charge in [0, 0.05) is 6.42 Å². The van der Waals surface area contributed by atoms with Gasteiger partial charge >= 0.3 is 0 Å². The van der Waals surface area contributed by atoms with Crippen LogP contribution in [-0.2, 0) is 18.4 Å². The van der Waals surface area contributed by atoms with E-state index in [0.717, 1.165) is 38.5 Å². The summed E-state index contributed by atoms with van der Waals surface area (Å²) in [5.74, 6) is -0.164. The predicted molar refractivity (Wildman–Crippen MR) is 275 cm³/mol. The van der Waals surface area contributed by atoms with Gasteiger partial charge in [-0.2, -0.15) is 0 Å². The fraction of sp³-hybridized carbons (Fsp3) is 0.945. The van der Waals surface area contributed by atoms with E-state index < -0.39 is 20.0 Å². The van der Waals surface area contributed by atoms with Crippen molar-refractivity contribution in [3.05, 3.63) is 12.2 Å². The number of rotatable bonds is 52. The Morgan fingerprint density at radius 3 is 1.22 bits per heavy atom. The number of allylic oxidation sites excluding steroid dienone is 2. The lowest BCUT2D eigenvalue weighted by molar-refractivity contribution is -0.870. The molecule has 2 N–H and O–H groups in total. The summed E-state index contributed by atoms with van der Waals surface area (Å²) in [6.45, 7) is 4.76. The number of carbonyl (C=O) groups is 1. The van der Waals surface area contributed by atoms with Crippen molar-refractivity contribution in [2.45, 2.75) is 296 Å². The average molecular weight is 927 g/mol. The minimum atomic E-state index is -4.57. The van der Waals surface area contributed by atoms with Gasteiger partial charge in [-0.3, -0.25) is 9.36 Å². The molecule has 0 spiro atoms. The second kappa shape index (κ2) is 47.3. The second-order valence-electron chi connectivity index (χ2n) is 20.6. The van der Waals surface area contributed by atoms with Crippen molar-refractivity contribution in [1.29, 1.82) is 0 Å². The summed E-state index contributed by atoms with van der Waals surface area (Å²) in [6.07, 6.45) is 56.6. The van der Waals surface area contributed by atoms with E-state index in [0.29, 0.717) is 23.9 Å². The van der Waals surface area contributed by atoms with E-state index in [1.54, 1.807) is 0 Å². The molecular weight excluding hydrogens is 816 g/mol. The molecule has 8 nitrogen and oxygen atoms in total. The molecule has 3 atom stereocenters. The first-order valence-corrected chi connectivity index (χ1v) is 29.5. The Labute approximate surface area is 399 Å². The van der Waals surface area contributed by atoms with Crippen LogP contribution in [0.4, 0.5) is 0 Å². The SMILES string of the molecule is CCCCCCCCCCCCCC/C=C\CCCCCCCCCC(=O)NC(COP(=O)([O-])OCC[N+](C)(C)C)C(O)CCCCCCCCCCCCCCCCCCCCC. The highest BCUT2D eigenvalue weighted by atomic mass is 31.2. The molecule has 0 aliphatic heterocycles. The predicted octanol–water partition coefficient (Wildman–Crippen LogP) is 16.0. The van der Waals surface area contributed by atoms with Crippen LogP contribution in [0, 0.1) is 0 Å². The molecule has 0 aromatic carbocycles. The molecule has 0 saturated heterocycles. The summed E-state index contributed by atoms with van der Waals surface area (Å²) in [6, 6.07) is -0.800. The van der Waals surface area contributed by atoms with E-state index in [4.69, 9.17) is 9.05 Å². The number of likely N-dealkylation sites (N-methyl/N-ethyl adjacent to an activating group) is 1. The van der Waals surface area contributed by atoms with Gasteiger partial charge in [-0.1, -0.05) is 251 Å². The number of nitrogens with one attached hydrogen (secondary N) is 1. The third-order valence-electron chi connectivity index (χ3n) is 13.0. The van der Waals surface area contributed by atoms with Crippen LogP contribution in [0.25, 0.3) is 0 Å². The lowest BCUT2D eigenvalue weighted by Crippen LogP contribution is -2.46. The Morgan fingerprint density at radius 1 is 0.531 bits per heavy atom. The molecule has 0 aromatic rings. The van der Waals surface area contributed by atoms with Crippen LogP contribution in [0.1, 0.15) is 284 Å². The van der Waals surface area contributed by atoms with Gasteiger partial charge in [0.05, 0.1) is 39.9 Å². The van der Waals surface area contributed by atoms with Gasteiger partial charge in [0.1, 0.15) is 13.2 Å². The molecule has 0 aliphatic carbocycles. The minimum absolute atomic E-state index is 0.0137. The van der Waals surface area contributed by atoms with Crippen molar-refractivity contribution in [3.63, 3.8) is 0 Å². The number of quaternary nitrogens is 1. The standard InChI is InChI=1S/C55H111N2O6P/c1-6-8-10-12-14-16-18-20-22-24-26-27-28-29-31-33-35-37-39-41-43-45-47-49-55(59)56-53(52-63-64(60,61)62-51-50-57(3,4)5)54(58)48-46-44-42-40-38-36-34-32-30-25-23-21-19-17-15-13-11-9-7-2/h29,31,53-54,58H,6-28,30,32-52H2,1-5H3,(H-,56,59,60,61)/b31-29-. The second-order valence-corrected chi connectivity index (χ2v) is 22.1. The van der Waals surface area contributed by atoms with Gasteiger partial charge in [0.2, 0.25) is 5.91 Å². The Bertz CT molecular complexity index is 1050. The monoisotopic (exact) mass is 927 g/mol. The molecule has 9 heteroatoms. The van der Waals surface area contributed by atoms with Crippen LogP contribution in [-0.4, -0.2) is 68.5 Å². The smallest absolute Gasteiger partial charge is 0.268 e. The summed E-state index contributed by atoms with van der Waals surface area (Å²) in [5, 5.41) is 14.0. The van der Waals surface area contributed by atoms with E-state index >= 15 is 0 Å². The van der Waals surface area contributed by atoms with Crippen molar-refractivity contribution >= 4 is 13.7 Å². The number of hydrogen-bond acceptors (Lipinski definition) is 6. The maximum atomic E-state index is 13.0. The molecule has 0 aliphatic rings. The lowest BCUT2D eigenvalue weighted by Gasteiger charge is -2.30. The number of aliphatic hydroxyl groups is 1. The topological polar surface area (TPSA) is 108 Å². The van der Waals surface area contributed by atoms with Gasteiger partial charge in [-0.05, 0) is 38.5 Å². The zero-order chi connectivity index (χ0) is 47.1. The van der Waals surface area contributed by atoms with Crippen molar-refractivity contribution < 1.29 is 32.9 Å². The van der Waals surface area contributed by atoms with Crippen molar-refractivity contribution in [1.82, 2.24) is 5.32 Å². The molecule has 3 unspecified atom stereocenters. The largest absolute Gasteiger partial charge is 0.756 e. The van der Waals surface area contributed by atoms with Crippen LogP contribution >= 0.6 is 7.82 Å². The van der Waals surface area contributed by atoms with Gasteiger partial charge in [0.25, 0.3) is 7.82 Å². The average Bonchev–Trinajstić information content (AvgIpc) is 3.25. The van der Waals surface area contributed by atoms with Gasteiger partial charge in [-0.15, -0.1) is 0 Å². The number of hydrogen-bond donors (Lipinski definition) is 2. The van der Waals surface area contributed by atoms with Crippen LogP contribution in [0.3, 0.4) is 0 Å². The molecule has 0 radical (unpaired) electrons. The van der Waals surface area contributed by atoms with Crippen LogP contribution < -0.4 is 10.2 Å². The normalized spacial score (nSPS) is 14.0. The number of phosphoric ester groups is 1. The molecule has 0 bridgehead atoms. The third kappa shape index (κ3) is 49.2. The molecular formula is C55H111N2O6P. The van der Waals surface area contributed by atoms with Crippen LogP contribution in [0.15, 0.2) is 12.2 Å². The van der Waals surface area contributed by atoms with E-state index in [2.05, 4.69) is 31.3 Å². The maximum Gasteiger partial charge on any atom is 0.268 e. The first-order chi connectivity index (χ1) is 31.0. The van der Waals surface area contributed by atoms with E-state index in [-0.39, 0.29) is 19.1 Å². The summed E-state index contributed by atoms with van der Waals surface area (Å²) in [5.41, 5.74) is 0. The fourth-order valence-corrected chi connectivity index (χ4v) is 9.29. The van der Waals surface area contributed by atoms with Crippen molar-refractivity contribution in [2.75, 3.05) is 40.9 Å². The highest BCUT2D eigenvalue weighted by Crippen LogP contribution is 2.38. The first-order valence-electron chi connectivity index (χ1n) is 28.0. The molecule has 1 amide bonds. The number of amides is 1. The Morgan fingerprint density at radius 2 is 0.859 bits per heavy atom. The molecule has 0 fully saturated rings. The molecule has 0 aromatic heterocycles. The Balaban J connectivity index is 4.18. The summed E-state index contributed by atoms with van der Waals surface area (Å²) in [7, 11) is 1.31. The highest BCUT2D eigenvalue weighted by molar-refractivity contribution is 7.45. The number of phosphoric acid groups is 1. The summed E-state index contributed by atoms with van der Waals surface area (Å²) < 4.78 is 23.4. The number of nitrogens with zero attached hydrogens (tertiary/aromatic N) is 1. The lowest BCUT2D eigenvalue weighted by atomic mass is 10.0. The number of unbranched alkanes of at least 4 members (excludes halogenated alkanes) is 37. The molecule has 0 rings (SSSR count). The quantitative estimate of drug-likeness (QED) is 0.0272. The summed E-state index contributed by atoms with van der Waals surface area (Å²) in [4.78, 5) is 25.5. The van der Waals surface area contributed by atoms with Gasteiger partial charge < -0.3 is 28.8 Å². The van der Waals surface area contributed by atoms with Crippen LogP contribution in [0.2, 0.25) is 0 Å². The van der Waals surface area contributed by atoms with Crippen molar-refractivity contribution in [2.24, 2.45) is 0 Å². The first kappa shape index (κ1) is 63.2. The molecule has 0 saturated carbocycles. The van der Waals surface area contributed by atoms with Gasteiger partial charge in [0.15, 0.2) is 0 Å². The van der Waals surface area contributed by atoms with E-state index in [1.807, 2.05) is 21.1 Å². The molecule has 0 heterocycles. The zero-order valence-electron chi connectivity index (χ0n) is 43.5.